The van der Waals surface area contributed by atoms with Crippen LogP contribution in [0.15, 0.2) is 36.5 Å². The lowest BCUT2D eigenvalue weighted by atomic mass is 9.93. The van der Waals surface area contributed by atoms with Gasteiger partial charge in [0.1, 0.15) is 5.69 Å². The zero-order valence-corrected chi connectivity index (χ0v) is 14.9. The minimum Gasteiger partial charge on any atom is -0.374 e. The summed E-state index contributed by atoms with van der Waals surface area (Å²) in [5.74, 6) is 1.26. The molecule has 2 aromatic rings. The van der Waals surface area contributed by atoms with Crippen LogP contribution >= 0.6 is 0 Å². The van der Waals surface area contributed by atoms with Gasteiger partial charge in [0.25, 0.3) is 5.91 Å². The highest BCUT2D eigenvalue weighted by Gasteiger charge is 2.35. The number of fused-ring (bicyclic) bond motifs is 1. The molecule has 7 nitrogen and oxygen atoms in total. The van der Waals surface area contributed by atoms with Crippen LogP contribution in [0.3, 0.4) is 0 Å². The van der Waals surface area contributed by atoms with Gasteiger partial charge in [-0.15, -0.1) is 5.10 Å². The second-order valence-electron chi connectivity index (χ2n) is 6.90. The van der Waals surface area contributed by atoms with E-state index in [0.29, 0.717) is 24.8 Å². The molecule has 1 amide bonds. The first-order chi connectivity index (χ1) is 12.7. The lowest BCUT2D eigenvalue weighted by Gasteiger charge is -2.37. The van der Waals surface area contributed by atoms with E-state index in [1.165, 1.54) is 0 Å². The molecule has 0 N–H and O–H groups in total. The van der Waals surface area contributed by atoms with Crippen LogP contribution in [0.2, 0.25) is 0 Å². The van der Waals surface area contributed by atoms with E-state index in [2.05, 4.69) is 20.1 Å². The molecule has 2 aromatic heterocycles. The molecule has 0 unspecified atom stereocenters. The van der Waals surface area contributed by atoms with Gasteiger partial charge in [0.15, 0.2) is 5.82 Å². The topological polar surface area (TPSA) is 71.5 Å². The summed E-state index contributed by atoms with van der Waals surface area (Å²) in [6.07, 6.45) is 2.63. The van der Waals surface area contributed by atoms with Crippen molar-refractivity contribution in [2.24, 2.45) is 5.92 Å². The third-order valence-electron chi connectivity index (χ3n) is 5.12. The van der Waals surface area contributed by atoms with Crippen molar-refractivity contribution in [3.8, 4) is 0 Å². The normalized spacial score (nSPS) is 23.3. The van der Waals surface area contributed by atoms with E-state index in [-0.39, 0.29) is 12.0 Å². The lowest BCUT2D eigenvalue weighted by Crippen LogP contribution is -2.49. The van der Waals surface area contributed by atoms with Crippen molar-refractivity contribution >= 4 is 11.7 Å². The molecule has 2 aliphatic heterocycles. The molecular weight excluding hydrogens is 330 g/mol. The Labute approximate surface area is 153 Å². The second kappa shape index (κ2) is 7.37. The molecule has 0 aromatic carbocycles. The molecule has 0 spiro atoms. The van der Waals surface area contributed by atoms with Crippen LogP contribution in [0.1, 0.15) is 22.6 Å². The van der Waals surface area contributed by atoms with Crippen LogP contribution < -0.4 is 4.90 Å². The van der Waals surface area contributed by atoms with Crippen molar-refractivity contribution in [1.82, 2.24) is 20.1 Å². The van der Waals surface area contributed by atoms with E-state index < -0.39 is 0 Å². The molecule has 2 fully saturated rings. The zero-order chi connectivity index (χ0) is 17.9. The number of aromatic nitrogens is 3. The smallest absolute Gasteiger partial charge is 0.272 e. The molecule has 4 rings (SSSR count). The molecule has 0 radical (unpaired) electrons. The second-order valence-corrected chi connectivity index (χ2v) is 6.90. The molecular formula is C19H23N5O2. The maximum atomic E-state index is 12.7. The summed E-state index contributed by atoms with van der Waals surface area (Å²) in [7, 11) is 0. The van der Waals surface area contributed by atoms with Crippen LogP contribution in [-0.2, 0) is 4.74 Å². The fourth-order valence-electron chi connectivity index (χ4n) is 3.66. The molecule has 2 atom stereocenters. The van der Waals surface area contributed by atoms with Crippen LogP contribution in [0.5, 0.6) is 0 Å². The molecule has 4 heterocycles. The van der Waals surface area contributed by atoms with Crippen LogP contribution in [0, 0.1) is 12.8 Å². The highest BCUT2D eigenvalue weighted by Crippen LogP contribution is 2.26. The van der Waals surface area contributed by atoms with E-state index >= 15 is 0 Å². The Kier molecular flexibility index (Phi) is 4.79. The van der Waals surface area contributed by atoms with Crippen molar-refractivity contribution in [3.63, 3.8) is 0 Å². The quantitative estimate of drug-likeness (QED) is 0.816. The SMILES string of the molecule is Cc1ccc(N2CCO[C@H]3CN(C(=O)c4ccccn4)CC[C@H]3C2)nn1. The summed E-state index contributed by atoms with van der Waals surface area (Å²) >= 11 is 0. The Balaban J connectivity index is 1.43. The molecule has 2 aliphatic rings. The molecule has 26 heavy (non-hydrogen) atoms. The van der Waals surface area contributed by atoms with Gasteiger partial charge in [-0.2, -0.15) is 5.10 Å². The summed E-state index contributed by atoms with van der Waals surface area (Å²) in [6, 6.07) is 9.43. The number of aryl methyl sites for hydroxylation is 1. The van der Waals surface area contributed by atoms with Crippen molar-refractivity contribution in [2.75, 3.05) is 37.7 Å². The molecule has 136 valence electrons. The third kappa shape index (κ3) is 3.53. The molecule has 0 bridgehead atoms. The van der Waals surface area contributed by atoms with Gasteiger partial charge in [0, 0.05) is 38.3 Å². The number of hydrogen-bond acceptors (Lipinski definition) is 6. The average Bonchev–Trinajstić information content (AvgIpc) is 2.90. The zero-order valence-electron chi connectivity index (χ0n) is 14.9. The highest BCUT2D eigenvalue weighted by molar-refractivity contribution is 5.92. The Hall–Kier alpha value is -2.54. The van der Waals surface area contributed by atoms with E-state index in [9.17, 15) is 4.79 Å². The fraction of sp³-hybridized carbons (Fsp3) is 0.474. The van der Waals surface area contributed by atoms with E-state index in [1.807, 2.05) is 36.1 Å². The summed E-state index contributed by atoms with van der Waals surface area (Å²) in [6.45, 7) is 5.59. The Morgan fingerprint density at radius 1 is 1.15 bits per heavy atom. The van der Waals surface area contributed by atoms with Gasteiger partial charge in [-0.25, -0.2) is 0 Å². The fourth-order valence-corrected chi connectivity index (χ4v) is 3.66. The molecule has 0 saturated carbocycles. The minimum atomic E-state index is -0.0156. The van der Waals surface area contributed by atoms with E-state index in [0.717, 1.165) is 37.6 Å². The lowest BCUT2D eigenvalue weighted by molar-refractivity contribution is -0.0170. The van der Waals surface area contributed by atoms with Gasteiger partial charge in [0.05, 0.1) is 18.4 Å². The van der Waals surface area contributed by atoms with Crippen molar-refractivity contribution in [2.45, 2.75) is 19.4 Å². The first kappa shape index (κ1) is 16.9. The van der Waals surface area contributed by atoms with Crippen LogP contribution in [0.25, 0.3) is 0 Å². The predicted octanol–water partition coefficient (Wildman–Crippen LogP) is 1.55. The number of anilines is 1. The number of hydrogen-bond donors (Lipinski definition) is 0. The molecule has 0 aliphatic carbocycles. The Morgan fingerprint density at radius 3 is 2.85 bits per heavy atom. The number of ether oxygens (including phenoxy) is 1. The van der Waals surface area contributed by atoms with Gasteiger partial charge in [0.2, 0.25) is 0 Å². The summed E-state index contributed by atoms with van der Waals surface area (Å²) in [5.41, 5.74) is 1.41. The van der Waals surface area contributed by atoms with Gasteiger partial charge < -0.3 is 14.5 Å². The first-order valence-electron chi connectivity index (χ1n) is 9.08. The highest BCUT2D eigenvalue weighted by atomic mass is 16.5. The van der Waals surface area contributed by atoms with E-state index in [1.54, 1.807) is 12.3 Å². The third-order valence-corrected chi connectivity index (χ3v) is 5.12. The van der Waals surface area contributed by atoms with Gasteiger partial charge in [-0.1, -0.05) is 6.07 Å². The van der Waals surface area contributed by atoms with Crippen LogP contribution in [-0.4, -0.2) is 64.9 Å². The standard InChI is InChI=1S/C19H23N5O2/c1-14-5-6-18(22-21-14)23-10-11-26-17-13-24(9-7-15(17)12-23)19(25)16-4-2-3-8-20-16/h2-6,8,15,17H,7,9-13H2,1H3/t15-,17-/m0/s1. The van der Waals surface area contributed by atoms with Crippen molar-refractivity contribution in [3.05, 3.63) is 47.9 Å². The van der Waals surface area contributed by atoms with Gasteiger partial charge >= 0.3 is 0 Å². The predicted molar refractivity (Wildman–Crippen MR) is 97.0 cm³/mol. The summed E-state index contributed by atoms with van der Waals surface area (Å²) in [4.78, 5) is 20.9. The number of pyridine rings is 1. The number of carbonyl (C=O) groups is 1. The molecule has 2 saturated heterocycles. The summed E-state index contributed by atoms with van der Waals surface area (Å²) in [5, 5.41) is 8.48. The van der Waals surface area contributed by atoms with Gasteiger partial charge in [-0.3, -0.25) is 9.78 Å². The van der Waals surface area contributed by atoms with Crippen molar-refractivity contribution in [1.29, 1.82) is 0 Å². The average molecular weight is 353 g/mol. The summed E-state index contributed by atoms with van der Waals surface area (Å²) < 4.78 is 6.09. The largest absolute Gasteiger partial charge is 0.374 e. The van der Waals surface area contributed by atoms with Gasteiger partial charge in [-0.05, 0) is 37.6 Å². The Bertz CT molecular complexity index is 752. The maximum Gasteiger partial charge on any atom is 0.272 e. The number of carbonyl (C=O) groups excluding carboxylic acids is 1. The van der Waals surface area contributed by atoms with E-state index in [4.69, 9.17) is 4.74 Å². The monoisotopic (exact) mass is 353 g/mol. The Morgan fingerprint density at radius 2 is 2.08 bits per heavy atom. The van der Waals surface area contributed by atoms with Crippen LogP contribution in [0.4, 0.5) is 5.82 Å². The number of rotatable bonds is 2. The number of amides is 1. The minimum absolute atomic E-state index is 0.0156. The van der Waals surface area contributed by atoms with Crippen molar-refractivity contribution < 1.29 is 9.53 Å². The number of likely N-dealkylation sites (tertiary alicyclic amines) is 1. The molecule has 7 heteroatoms. The maximum absolute atomic E-state index is 12.7. The number of nitrogens with zero attached hydrogens (tertiary/aromatic N) is 5. The number of piperidine rings is 1. The first-order valence-corrected chi connectivity index (χ1v) is 9.08.